The Morgan fingerprint density at radius 1 is 1.29 bits per heavy atom. The lowest BCUT2D eigenvalue weighted by molar-refractivity contribution is 0.0696. The molecular weight excluding hydrogens is 282 g/mol. The van der Waals surface area contributed by atoms with E-state index in [0.29, 0.717) is 10.2 Å². The molecule has 0 bridgehead atoms. The quantitative estimate of drug-likeness (QED) is 0.862. The highest BCUT2D eigenvalue weighted by atomic mass is 79.9. The van der Waals surface area contributed by atoms with Crippen molar-refractivity contribution in [2.75, 3.05) is 0 Å². The molecule has 1 heterocycles. The predicted octanol–water partition coefficient (Wildman–Crippen LogP) is 3.52. The monoisotopic (exact) mass is 291 g/mol. The van der Waals surface area contributed by atoms with E-state index in [1.165, 1.54) is 0 Å². The topological polar surface area (TPSA) is 50.2 Å². The number of aromatic nitrogens is 1. The number of benzene rings is 1. The summed E-state index contributed by atoms with van der Waals surface area (Å²) in [5.41, 5.74) is 2.52. The molecule has 0 unspecified atom stereocenters. The fourth-order valence-electron chi connectivity index (χ4n) is 1.68. The van der Waals surface area contributed by atoms with Gasteiger partial charge in [0.15, 0.2) is 0 Å². The minimum Gasteiger partial charge on any atom is -0.478 e. The summed E-state index contributed by atoms with van der Waals surface area (Å²) < 4.78 is 0.365. The van der Waals surface area contributed by atoms with Crippen molar-refractivity contribution in [3.8, 4) is 11.1 Å². The second-order valence-corrected chi connectivity index (χ2v) is 4.40. The van der Waals surface area contributed by atoms with Crippen molar-refractivity contribution in [1.82, 2.24) is 4.98 Å². The Balaban J connectivity index is 2.72. The van der Waals surface area contributed by atoms with Gasteiger partial charge < -0.3 is 5.11 Å². The van der Waals surface area contributed by atoms with Crippen LogP contribution in [0.15, 0.2) is 41.0 Å². The Bertz CT molecular complexity index is 567. The molecule has 2 aromatic rings. The fourth-order valence-corrected chi connectivity index (χ4v) is 2.35. The van der Waals surface area contributed by atoms with Gasteiger partial charge in [0.2, 0.25) is 0 Å². The zero-order valence-corrected chi connectivity index (χ0v) is 10.7. The number of carboxylic acid groups (broad SMARTS) is 1. The van der Waals surface area contributed by atoms with E-state index in [4.69, 9.17) is 0 Å². The van der Waals surface area contributed by atoms with E-state index in [9.17, 15) is 9.90 Å². The largest absolute Gasteiger partial charge is 0.478 e. The molecule has 3 nitrogen and oxygen atoms in total. The van der Waals surface area contributed by atoms with Gasteiger partial charge >= 0.3 is 5.97 Å². The van der Waals surface area contributed by atoms with Crippen LogP contribution in [0.5, 0.6) is 0 Å². The number of carboxylic acids is 1. The van der Waals surface area contributed by atoms with E-state index in [-0.39, 0.29) is 5.56 Å². The van der Waals surface area contributed by atoms with Crippen molar-refractivity contribution in [3.05, 3.63) is 52.3 Å². The highest BCUT2D eigenvalue weighted by Crippen LogP contribution is 2.28. The van der Waals surface area contributed by atoms with Crippen molar-refractivity contribution in [3.63, 3.8) is 0 Å². The van der Waals surface area contributed by atoms with Crippen LogP contribution in [-0.2, 0) is 0 Å². The molecule has 0 aliphatic carbocycles. The molecule has 0 saturated heterocycles. The first-order valence-electron chi connectivity index (χ1n) is 5.05. The average Bonchev–Trinajstić information content (AvgIpc) is 2.28. The number of hydrogen-bond acceptors (Lipinski definition) is 2. The van der Waals surface area contributed by atoms with Crippen molar-refractivity contribution < 1.29 is 9.90 Å². The first kappa shape index (κ1) is 11.8. The second kappa shape index (κ2) is 4.67. The maximum atomic E-state index is 11.3. The first-order chi connectivity index (χ1) is 8.09. The first-order valence-corrected chi connectivity index (χ1v) is 5.84. The summed E-state index contributed by atoms with van der Waals surface area (Å²) in [6.07, 6.45) is 0. The van der Waals surface area contributed by atoms with E-state index in [1.54, 1.807) is 6.07 Å². The van der Waals surface area contributed by atoms with Crippen LogP contribution in [0.1, 0.15) is 16.1 Å². The zero-order chi connectivity index (χ0) is 12.4. The van der Waals surface area contributed by atoms with Crippen LogP contribution in [0.4, 0.5) is 0 Å². The van der Waals surface area contributed by atoms with E-state index < -0.39 is 5.97 Å². The lowest BCUT2D eigenvalue weighted by Crippen LogP contribution is -2.03. The Morgan fingerprint density at radius 3 is 2.53 bits per heavy atom. The lowest BCUT2D eigenvalue weighted by atomic mass is 10.0. The molecule has 0 aliphatic rings. The van der Waals surface area contributed by atoms with E-state index in [0.717, 1.165) is 11.3 Å². The molecule has 0 atom stereocenters. The van der Waals surface area contributed by atoms with Crippen LogP contribution in [-0.4, -0.2) is 16.1 Å². The summed E-state index contributed by atoms with van der Waals surface area (Å²) in [5.74, 6) is -0.983. The highest BCUT2D eigenvalue weighted by molar-refractivity contribution is 9.10. The van der Waals surface area contributed by atoms with Gasteiger partial charge in [-0.3, -0.25) is 0 Å². The SMILES string of the molecule is Cc1cc(-c2ccccc2)c(C(=O)O)c(Br)n1. The van der Waals surface area contributed by atoms with Crippen molar-refractivity contribution >= 4 is 21.9 Å². The molecule has 0 fully saturated rings. The Labute approximate surface area is 107 Å². The Kier molecular flexibility index (Phi) is 3.24. The minimum atomic E-state index is -0.983. The lowest BCUT2D eigenvalue weighted by Gasteiger charge is -2.09. The third kappa shape index (κ3) is 2.36. The molecule has 1 aromatic carbocycles. The molecule has 0 aliphatic heterocycles. The molecule has 2 rings (SSSR count). The van der Waals surface area contributed by atoms with Crippen molar-refractivity contribution in [1.29, 1.82) is 0 Å². The smallest absolute Gasteiger partial charge is 0.339 e. The number of pyridine rings is 1. The van der Waals surface area contributed by atoms with E-state index in [2.05, 4.69) is 20.9 Å². The number of nitrogens with zero attached hydrogens (tertiary/aromatic N) is 1. The van der Waals surface area contributed by atoms with Gasteiger partial charge in [0.1, 0.15) is 10.2 Å². The molecule has 17 heavy (non-hydrogen) atoms. The Hall–Kier alpha value is -1.68. The van der Waals surface area contributed by atoms with E-state index >= 15 is 0 Å². The number of carbonyl (C=O) groups is 1. The highest BCUT2D eigenvalue weighted by Gasteiger charge is 2.17. The molecule has 0 spiro atoms. The zero-order valence-electron chi connectivity index (χ0n) is 9.14. The molecule has 1 N–H and O–H groups in total. The molecule has 4 heteroatoms. The van der Waals surface area contributed by atoms with Crippen LogP contribution in [0, 0.1) is 6.92 Å². The summed E-state index contributed by atoms with van der Waals surface area (Å²) in [4.78, 5) is 15.4. The van der Waals surface area contributed by atoms with Crippen LogP contribution < -0.4 is 0 Å². The summed E-state index contributed by atoms with van der Waals surface area (Å²) in [6, 6.07) is 11.2. The van der Waals surface area contributed by atoms with Crippen LogP contribution in [0.3, 0.4) is 0 Å². The second-order valence-electron chi connectivity index (χ2n) is 3.65. The summed E-state index contributed by atoms with van der Waals surface area (Å²) >= 11 is 3.20. The van der Waals surface area contributed by atoms with Gasteiger partial charge in [0.25, 0.3) is 0 Å². The molecule has 86 valence electrons. The number of hydrogen-bond donors (Lipinski definition) is 1. The van der Waals surface area contributed by atoms with Gasteiger partial charge in [0.05, 0.1) is 0 Å². The predicted molar refractivity (Wildman–Crippen MR) is 69.1 cm³/mol. The van der Waals surface area contributed by atoms with Gasteiger partial charge in [-0.05, 0) is 34.5 Å². The van der Waals surface area contributed by atoms with Gasteiger partial charge in [0, 0.05) is 11.3 Å². The molecule has 0 saturated carbocycles. The van der Waals surface area contributed by atoms with Crippen molar-refractivity contribution in [2.45, 2.75) is 6.92 Å². The third-order valence-corrected chi connectivity index (χ3v) is 2.98. The van der Waals surface area contributed by atoms with E-state index in [1.807, 2.05) is 37.3 Å². The standard InChI is InChI=1S/C13H10BrNO2/c1-8-7-10(9-5-3-2-4-6-9)11(13(16)17)12(14)15-8/h2-7H,1H3,(H,16,17). The van der Waals surface area contributed by atoms with Crippen LogP contribution in [0.25, 0.3) is 11.1 Å². The number of rotatable bonds is 2. The summed E-state index contributed by atoms with van der Waals surface area (Å²) in [6.45, 7) is 1.84. The number of aryl methyl sites for hydroxylation is 1. The fraction of sp³-hybridized carbons (Fsp3) is 0.0769. The number of aromatic carboxylic acids is 1. The van der Waals surface area contributed by atoms with Crippen LogP contribution >= 0.6 is 15.9 Å². The van der Waals surface area contributed by atoms with Gasteiger partial charge in [-0.2, -0.15) is 0 Å². The van der Waals surface area contributed by atoms with Gasteiger partial charge in [-0.15, -0.1) is 0 Å². The maximum Gasteiger partial charge on any atom is 0.339 e. The van der Waals surface area contributed by atoms with Crippen molar-refractivity contribution in [2.24, 2.45) is 0 Å². The average molecular weight is 292 g/mol. The molecule has 0 radical (unpaired) electrons. The molecule has 1 aromatic heterocycles. The normalized spacial score (nSPS) is 10.2. The Morgan fingerprint density at radius 2 is 1.94 bits per heavy atom. The summed E-state index contributed by atoms with van der Waals surface area (Å²) in [5, 5.41) is 9.23. The minimum absolute atomic E-state index is 0.196. The molecular formula is C13H10BrNO2. The third-order valence-electron chi connectivity index (χ3n) is 2.40. The number of halogens is 1. The van der Waals surface area contributed by atoms with Crippen LogP contribution in [0.2, 0.25) is 0 Å². The van der Waals surface area contributed by atoms with Gasteiger partial charge in [-0.1, -0.05) is 30.3 Å². The summed E-state index contributed by atoms with van der Waals surface area (Å²) in [7, 11) is 0. The van der Waals surface area contributed by atoms with Gasteiger partial charge in [-0.25, -0.2) is 9.78 Å². The molecule has 0 amide bonds. The maximum absolute atomic E-state index is 11.3.